The summed E-state index contributed by atoms with van der Waals surface area (Å²) in [5, 5.41) is 30.7. The molecule has 2 spiro atoms. The number of allylic oxidation sites excluding steroid dienone is 1. The first-order valence-electron chi connectivity index (χ1n) is 23.1. The molecule has 6 heterocycles. The molecule has 0 aromatic heterocycles. The number of carbonyl (C=O) groups is 2. The lowest BCUT2D eigenvalue weighted by atomic mass is 9.78. The van der Waals surface area contributed by atoms with E-state index in [1.165, 1.54) is 0 Å². The number of carboxylic acids is 1. The number of ether oxygens (including phenoxy) is 8. The van der Waals surface area contributed by atoms with Crippen molar-refractivity contribution in [3.63, 3.8) is 0 Å². The van der Waals surface area contributed by atoms with Crippen LogP contribution in [0.3, 0.4) is 0 Å². The number of rotatable bonds is 13. The summed E-state index contributed by atoms with van der Waals surface area (Å²) in [7, 11) is 1.71. The topological polar surface area (TPSA) is 169 Å². The van der Waals surface area contributed by atoms with Crippen molar-refractivity contribution in [1.82, 2.24) is 0 Å². The molecule has 6 saturated heterocycles. The number of ketones is 1. The molecule has 0 aromatic rings. The van der Waals surface area contributed by atoms with Crippen LogP contribution in [-0.4, -0.2) is 113 Å². The quantitative estimate of drug-likeness (QED) is 0.160. The fraction of sp³-hybridized carbons (Fsp3) is 0.915. The second-order valence-corrected chi connectivity index (χ2v) is 20.5. The van der Waals surface area contributed by atoms with E-state index in [0.717, 1.165) is 25.7 Å². The van der Waals surface area contributed by atoms with E-state index in [-0.39, 0.29) is 90.4 Å². The summed E-state index contributed by atoms with van der Waals surface area (Å²) in [6.45, 7) is 21.6. The van der Waals surface area contributed by atoms with E-state index in [4.69, 9.17) is 37.9 Å². The molecule has 0 amide bonds. The van der Waals surface area contributed by atoms with Crippen LogP contribution in [0.15, 0.2) is 11.6 Å². The molecule has 0 saturated carbocycles. The zero-order valence-corrected chi connectivity index (χ0v) is 38.5. The predicted octanol–water partition coefficient (Wildman–Crippen LogP) is 7.18. The zero-order chi connectivity index (χ0) is 44.1. The summed E-state index contributed by atoms with van der Waals surface area (Å²) in [6, 6.07) is 0. The molecular formula is C47H78O13. The van der Waals surface area contributed by atoms with Crippen LogP contribution in [-0.2, 0) is 47.5 Å². The second-order valence-electron chi connectivity index (χ2n) is 20.5. The third-order valence-electron chi connectivity index (χ3n) is 15.9. The minimum absolute atomic E-state index is 0.0101. The lowest BCUT2D eigenvalue weighted by Gasteiger charge is -2.52. The van der Waals surface area contributed by atoms with Gasteiger partial charge in [-0.05, 0) is 77.2 Å². The highest BCUT2D eigenvalue weighted by Crippen LogP contribution is 2.57. The highest BCUT2D eigenvalue weighted by molar-refractivity contribution is 5.96. The predicted molar refractivity (Wildman–Crippen MR) is 222 cm³/mol. The number of Topliss-reactive ketones (excluding diaryl/α,β-unsaturated/α-hetero) is 1. The molecular weight excluding hydrogens is 773 g/mol. The Morgan fingerprint density at radius 2 is 1.57 bits per heavy atom. The molecule has 0 bridgehead atoms. The smallest absolute Gasteiger partial charge is 0.306 e. The van der Waals surface area contributed by atoms with Crippen molar-refractivity contribution in [2.45, 2.75) is 212 Å². The van der Waals surface area contributed by atoms with Crippen LogP contribution in [0.25, 0.3) is 0 Å². The van der Waals surface area contributed by atoms with Crippen LogP contribution >= 0.6 is 0 Å². The monoisotopic (exact) mass is 851 g/mol. The van der Waals surface area contributed by atoms with Gasteiger partial charge in [0.15, 0.2) is 29.4 Å². The van der Waals surface area contributed by atoms with Gasteiger partial charge in [0.1, 0.15) is 0 Å². The average Bonchev–Trinajstić information content (AvgIpc) is 3.72. The van der Waals surface area contributed by atoms with Gasteiger partial charge < -0.3 is 53.2 Å². The van der Waals surface area contributed by atoms with Crippen molar-refractivity contribution in [3.8, 4) is 0 Å². The first kappa shape index (κ1) is 47.9. The van der Waals surface area contributed by atoms with Crippen LogP contribution in [0.5, 0.6) is 0 Å². The van der Waals surface area contributed by atoms with Gasteiger partial charge in [0.05, 0.1) is 60.9 Å². The first-order chi connectivity index (χ1) is 28.1. The molecule has 6 aliphatic heterocycles. The van der Waals surface area contributed by atoms with Crippen LogP contribution in [0.2, 0.25) is 0 Å². The van der Waals surface area contributed by atoms with Crippen LogP contribution in [0.1, 0.15) is 140 Å². The second kappa shape index (κ2) is 18.5. The number of carbonyl (C=O) groups excluding carboxylic acids is 1. The van der Waals surface area contributed by atoms with E-state index in [2.05, 4.69) is 41.5 Å². The normalized spacial score (nSPS) is 48.0. The Morgan fingerprint density at radius 1 is 0.850 bits per heavy atom. The van der Waals surface area contributed by atoms with Gasteiger partial charge in [-0.15, -0.1) is 0 Å². The first-order valence-corrected chi connectivity index (χ1v) is 23.1. The molecule has 20 atom stereocenters. The van der Waals surface area contributed by atoms with E-state index in [9.17, 15) is 24.9 Å². The van der Waals surface area contributed by atoms with Gasteiger partial charge in [-0.1, -0.05) is 61.5 Å². The Hall–Kier alpha value is -1.52. The molecule has 13 heteroatoms. The third kappa shape index (κ3) is 9.33. The lowest BCUT2D eigenvalue weighted by Crippen LogP contribution is -2.60. The van der Waals surface area contributed by atoms with Crippen LogP contribution in [0.4, 0.5) is 0 Å². The van der Waals surface area contributed by atoms with Crippen molar-refractivity contribution in [2.75, 3.05) is 13.7 Å². The molecule has 6 fully saturated rings. The fourth-order valence-corrected chi connectivity index (χ4v) is 11.7. The Bertz CT molecular complexity index is 1540. The Kier molecular flexibility index (Phi) is 14.8. The number of methoxy groups -OCH3 is 1. The Morgan fingerprint density at radius 3 is 2.22 bits per heavy atom. The number of hydrogen-bond donors (Lipinski definition) is 3. The van der Waals surface area contributed by atoms with E-state index in [0.29, 0.717) is 37.7 Å². The van der Waals surface area contributed by atoms with Crippen molar-refractivity contribution < 1.29 is 62.8 Å². The molecule has 3 N–H and O–H groups in total. The van der Waals surface area contributed by atoms with Gasteiger partial charge in [0.25, 0.3) is 0 Å². The van der Waals surface area contributed by atoms with Gasteiger partial charge in [-0.3, -0.25) is 9.59 Å². The van der Waals surface area contributed by atoms with Gasteiger partial charge in [0, 0.05) is 61.9 Å². The summed E-state index contributed by atoms with van der Waals surface area (Å²) in [5.41, 5.74) is -0.116. The highest BCUT2D eigenvalue weighted by atomic mass is 16.8. The SMILES string of the molecule is CO[C@H]1CC[C@H](OC2C[C@@H]([C@@H](C)/C=C(\C)C(=O)[C@H](C)C[C@H](C)C(=O)O)O[C@@]3(CC[C@@](C)([C@H]4CC[C@@H](C)[C@@]5(O[C@@H]([C@H]6O[C@@](O)(CO)[C@H](C)C[C@@H]6C)C[C@@H]5C)O4)O3)[C@@H]2C)O[C@@H]1C. The molecule has 0 aliphatic carbocycles. The fourth-order valence-electron chi connectivity index (χ4n) is 11.7. The van der Waals surface area contributed by atoms with Gasteiger partial charge in [-0.25, -0.2) is 0 Å². The number of aliphatic hydroxyl groups is 2. The van der Waals surface area contributed by atoms with Crippen molar-refractivity contribution in [2.24, 2.45) is 47.3 Å². The molecule has 1 unspecified atom stereocenters. The standard InChI is InChI=1S/C47H78O13/c1-25(19-26(2)41(49)27(3)20-29(5)43(50)51)36-23-37(55-40-16-14-35(53-12)34(10)54-40)33(9)46(56-36)18-17-44(11,60-46)39-15-13-30(6)47(58-39)32(8)22-38(57-47)42-28(4)21-31(7)45(52,24-48)59-42/h19,25,27-40,42,48,52H,13-18,20-24H2,1-12H3,(H,50,51)/b26-19+/t25-,27+,28-,29-,30+,31+,32-,33+,34+,35-,36-,37?,38+,39+,40-,42-,44-,45-,46+,47+/m0/s1. The van der Waals surface area contributed by atoms with Crippen LogP contribution < -0.4 is 0 Å². The average molecular weight is 851 g/mol. The van der Waals surface area contributed by atoms with Crippen LogP contribution in [0, 0.1) is 47.3 Å². The van der Waals surface area contributed by atoms with Crippen molar-refractivity contribution >= 4 is 11.8 Å². The maximum Gasteiger partial charge on any atom is 0.306 e. The van der Waals surface area contributed by atoms with E-state index >= 15 is 0 Å². The largest absolute Gasteiger partial charge is 0.481 e. The summed E-state index contributed by atoms with van der Waals surface area (Å²) < 4.78 is 54.0. The minimum Gasteiger partial charge on any atom is -0.481 e. The molecule has 0 radical (unpaired) electrons. The maximum absolute atomic E-state index is 13.5. The molecule has 13 nitrogen and oxygen atoms in total. The number of hydrogen-bond acceptors (Lipinski definition) is 12. The van der Waals surface area contributed by atoms with Crippen molar-refractivity contribution in [3.05, 3.63) is 11.6 Å². The number of carboxylic acid groups (broad SMARTS) is 1. The Labute approximate surface area is 358 Å². The van der Waals surface area contributed by atoms with Gasteiger partial charge in [-0.2, -0.15) is 0 Å². The van der Waals surface area contributed by atoms with Gasteiger partial charge in [0.2, 0.25) is 0 Å². The third-order valence-corrected chi connectivity index (χ3v) is 15.9. The molecule has 0 aromatic carbocycles. The maximum atomic E-state index is 13.5. The van der Waals surface area contributed by atoms with E-state index in [1.807, 2.05) is 26.8 Å². The number of aliphatic hydroxyl groups excluding tert-OH is 1. The zero-order valence-electron chi connectivity index (χ0n) is 38.5. The lowest BCUT2D eigenvalue weighted by molar-refractivity contribution is -0.382. The van der Waals surface area contributed by atoms with E-state index in [1.54, 1.807) is 21.0 Å². The molecule has 6 aliphatic rings. The molecule has 60 heavy (non-hydrogen) atoms. The Balaban J connectivity index is 1.22. The highest BCUT2D eigenvalue weighted by Gasteiger charge is 2.64. The minimum atomic E-state index is -1.61. The summed E-state index contributed by atoms with van der Waals surface area (Å²) in [5.74, 6) is -5.73. The van der Waals surface area contributed by atoms with E-state index < -0.39 is 53.7 Å². The summed E-state index contributed by atoms with van der Waals surface area (Å²) in [4.78, 5) is 25.0. The van der Waals surface area contributed by atoms with Crippen molar-refractivity contribution in [1.29, 1.82) is 0 Å². The number of aliphatic carboxylic acids is 1. The van der Waals surface area contributed by atoms with Gasteiger partial charge >= 0.3 is 5.97 Å². The molecule has 344 valence electrons. The summed E-state index contributed by atoms with van der Waals surface area (Å²) in [6.07, 6.45) is 6.69. The molecule has 6 rings (SSSR count). The summed E-state index contributed by atoms with van der Waals surface area (Å²) >= 11 is 0.